The molecule has 0 saturated heterocycles. The fraction of sp³-hybridized carbons (Fsp3) is 0.357. The molecule has 0 aliphatic carbocycles. The minimum Gasteiger partial charge on any atom is -0.310 e. The number of benzene rings is 1. The van der Waals surface area contributed by atoms with Crippen LogP contribution in [-0.4, -0.2) is 11.0 Å². The van der Waals surface area contributed by atoms with Crippen molar-refractivity contribution >= 4 is 11.3 Å². The van der Waals surface area contributed by atoms with Gasteiger partial charge in [-0.05, 0) is 6.92 Å². The average molecular weight is 246 g/mol. The summed E-state index contributed by atoms with van der Waals surface area (Å²) in [5, 5.41) is 4.58. The highest BCUT2D eigenvalue weighted by Crippen LogP contribution is 2.27. The van der Waals surface area contributed by atoms with Gasteiger partial charge in [-0.25, -0.2) is 4.98 Å². The Labute approximate surface area is 107 Å². The highest BCUT2D eigenvalue weighted by Gasteiger charge is 2.10. The number of aromatic nitrogens is 1. The molecular weight excluding hydrogens is 228 g/mol. The summed E-state index contributed by atoms with van der Waals surface area (Å²) < 4.78 is 0. The minimum atomic E-state index is 0.501. The van der Waals surface area contributed by atoms with Crippen LogP contribution in [0.5, 0.6) is 0 Å². The first-order chi connectivity index (χ1) is 8.16. The van der Waals surface area contributed by atoms with E-state index in [9.17, 15) is 0 Å². The number of aryl methyl sites for hydroxylation is 1. The molecular formula is C14H18N2S. The van der Waals surface area contributed by atoms with Crippen LogP contribution in [0.3, 0.4) is 0 Å². The SMILES string of the molecule is Cc1nc(-c2ccccc2)c(CNC(C)C)s1. The molecule has 0 bridgehead atoms. The summed E-state index contributed by atoms with van der Waals surface area (Å²) in [7, 11) is 0. The van der Waals surface area contributed by atoms with E-state index in [1.54, 1.807) is 11.3 Å². The third kappa shape index (κ3) is 3.14. The van der Waals surface area contributed by atoms with E-state index < -0.39 is 0 Å². The first kappa shape index (κ1) is 12.3. The predicted molar refractivity (Wildman–Crippen MR) is 74.3 cm³/mol. The number of hydrogen-bond donors (Lipinski definition) is 1. The van der Waals surface area contributed by atoms with Crippen LogP contribution in [0.4, 0.5) is 0 Å². The van der Waals surface area contributed by atoms with Crippen molar-refractivity contribution in [3.8, 4) is 11.3 Å². The maximum absolute atomic E-state index is 4.64. The Kier molecular flexibility index (Phi) is 3.92. The Balaban J connectivity index is 2.28. The Morgan fingerprint density at radius 2 is 1.94 bits per heavy atom. The van der Waals surface area contributed by atoms with Crippen molar-refractivity contribution in [2.45, 2.75) is 33.4 Å². The van der Waals surface area contributed by atoms with E-state index in [1.165, 1.54) is 10.4 Å². The standard InChI is InChI=1S/C14H18N2S/c1-10(2)15-9-13-14(16-11(3)17-13)12-7-5-4-6-8-12/h4-8,10,15H,9H2,1-3H3. The van der Waals surface area contributed by atoms with Crippen molar-refractivity contribution in [1.82, 2.24) is 10.3 Å². The van der Waals surface area contributed by atoms with Crippen molar-refractivity contribution in [1.29, 1.82) is 0 Å². The van der Waals surface area contributed by atoms with Crippen LogP contribution in [-0.2, 0) is 6.54 Å². The lowest BCUT2D eigenvalue weighted by Crippen LogP contribution is -2.21. The van der Waals surface area contributed by atoms with Gasteiger partial charge in [-0.1, -0.05) is 44.2 Å². The Morgan fingerprint density at radius 1 is 1.24 bits per heavy atom. The van der Waals surface area contributed by atoms with Gasteiger partial charge in [0.15, 0.2) is 0 Å². The van der Waals surface area contributed by atoms with Crippen LogP contribution < -0.4 is 5.32 Å². The number of nitrogens with one attached hydrogen (secondary N) is 1. The smallest absolute Gasteiger partial charge is 0.0905 e. The van der Waals surface area contributed by atoms with Crippen LogP contribution >= 0.6 is 11.3 Å². The molecule has 3 heteroatoms. The van der Waals surface area contributed by atoms with Gasteiger partial charge in [-0.3, -0.25) is 0 Å². The van der Waals surface area contributed by atoms with Crippen molar-refractivity contribution in [2.75, 3.05) is 0 Å². The summed E-state index contributed by atoms with van der Waals surface area (Å²) in [6, 6.07) is 10.9. The van der Waals surface area contributed by atoms with Gasteiger partial charge < -0.3 is 5.32 Å². The average Bonchev–Trinajstić information content (AvgIpc) is 2.69. The summed E-state index contributed by atoms with van der Waals surface area (Å²) >= 11 is 1.78. The molecule has 0 atom stereocenters. The molecule has 0 aliphatic rings. The lowest BCUT2D eigenvalue weighted by atomic mass is 10.1. The van der Waals surface area contributed by atoms with Crippen LogP contribution in [0.1, 0.15) is 23.7 Å². The molecule has 0 fully saturated rings. The first-order valence-electron chi connectivity index (χ1n) is 5.92. The predicted octanol–water partition coefficient (Wildman–Crippen LogP) is 3.62. The molecule has 0 saturated carbocycles. The number of hydrogen-bond acceptors (Lipinski definition) is 3. The molecule has 1 N–H and O–H groups in total. The topological polar surface area (TPSA) is 24.9 Å². The van der Waals surface area contributed by atoms with Crippen molar-refractivity contribution in [3.63, 3.8) is 0 Å². The highest BCUT2D eigenvalue weighted by molar-refractivity contribution is 7.12. The van der Waals surface area contributed by atoms with Crippen LogP contribution in [0.15, 0.2) is 30.3 Å². The molecule has 1 aromatic carbocycles. The van der Waals surface area contributed by atoms with E-state index in [0.717, 1.165) is 17.2 Å². The summed E-state index contributed by atoms with van der Waals surface area (Å²) in [6.45, 7) is 7.29. The van der Waals surface area contributed by atoms with Gasteiger partial charge in [-0.15, -0.1) is 11.3 Å². The van der Waals surface area contributed by atoms with Crippen LogP contribution in [0.25, 0.3) is 11.3 Å². The lowest BCUT2D eigenvalue weighted by Gasteiger charge is -2.07. The maximum atomic E-state index is 4.64. The summed E-state index contributed by atoms with van der Waals surface area (Å²) in [4.78, 5) is 5.96. The van der Waals surface area contributed by atoms with Crippen LogP contribution in [0.2, 0.25) is 0 Å². The second kappa shape index (κ2) is 5.43. The molecule has 0 spiro atoms. The minimum absolute atomic E-state index is 0.501. The Bertz CT molecular complexity index is 474. The maximum Gasteiger partial charge on any atom is 0.0905 e. The van der Waals surface area contributed by atoms with Gasteiger partial charge in [0.05, 0.1) is 10.7 Å². The van der Waals surface area contributed by atoms with Gasteiger partial charge >= 0.3 is 0 Å². The van der Waals surface area contributed by atoms with E-state index in [4.69, 9.17) is 0 Å². The largest absolute Gasteiger partial charge is 0.310 e. The molecule has 0 radical (unpaired) electrons. The number of nitrogens with zero attached hydrogens (tertiary/aromatic N) is 1. The summed E-state index contributed by atoms with van der Waals surface area (Å²) in [6.07, 6.45) is 0. The molecule has 2 nitrogen and oxygen atoms in total. The van der Waals surface area contributed by atoms with Gasteiger partial charge in [0, 0.05) is 23.0 Å². The molecule has 90 valence electrons. The fourth-order valence-electron chi connectivity index (χ4n) is 1.71. The zero-order chi connectivity index (χ0) is 12.3. The molecule has 0 aliphatic heterocycles. The summed E-state index contributed by atoms with van der Waals surface area (Å²) in [5.74, 6) is 0. The molecule has 1 heterocycles. The molecule has 2 aromatic rings. The molecule has 2 rings (SSSR count). The van der Waals surface area contributed by atoms with E-state index in [1.807, 2.05) is 6.07 Å². The van der Waals surface area contributed by atoms with Gasteiger partial charge in [0.2, 0.25) is 0 Å². The Hall–Kier alpha value is -1.19. The fourth-order valence-corrected chi connectivity index (χ4v) is 2.62. The third-order valence-corrected chi connectivity index (χ3v) is 3.49. The normalized spacial score (nSPS) is 11.1. The van der Waals surface area contributed by atoms with E-state index in [0.29, 0.717) is 6.04 Å². The lowest BCUT2D eigenvalue weighted by molar-refractivity contribution is 0.593. The van der Waals surface area contributed by atoms with E-state index >= 15 is 0 Å². The molecule has 0 unspecified atom stereocenters. The second-order valence-corrected chi connectivity index (χ2v) is 5.69. The van der Waals surface area contributed by atoms with E-state index in [2.05, 4.69) is 55.3 Å². The number of thiazole rings is 1. The van der Waals surface area contributed by atoms with Crippen molar-refractivity contribution in [2.24, 2.45) is 0 Å². The number of rotatable bonds is 4. The zero-order valence-corrected chi connectivity index (χ0v) is 11.3. The van der Waals surface area contributed by atoms with Crippen LogP contribution in [0, 0.1) is 6.92 Å². The third-order valence-electron chi connectivity index (χ3n) is 2.52. The zero-order valence-electron chi connectivity index (χ0n) is 10.5. The van der Waals surface area contributed by atoms with Crippen molar-refractivity contribution in [3.05, 3.63) is 40.2 Å². The Morgan fingerprint density at radius 3 is 2.59 bits per heavy atom. The molecule has 17 heavy (non-hydrogen) atoms. The monoisotopic (exact) mass is 246 g/mol. The summed E-state index contributed by atoms with van der Waals surface area (Å²) in [5.41, 5.74) is 2.33. The van der Waals surface area contributed by atoms with Gasteiger partial charge in [0.25, 0.3) is 0 Å². The van der Waals surface area contributed by atoms with Crippen molar-refractivity contribution < 1.29 is 0 Å². The van der Waals surface area contributed by atoms with E-state index in [-0.39, 0.29) is 0 Å². The first-order valence-corrected chi connectivity index (χ1v) is 6.73. The molecule has 1 aromatic heterocycles. The van der Waals surface area contributed by atoms with Gasteiger partial charge in [-0.2, -0.15) is 0 Å². The second-order valence-electron chi connectivity index (χ2n) is 4.41. The quantitative estimate of drug-likeness (QED) is 0.891. The molecule has 0 amide bonds. The highest BCUT2D eigenvalue weighted by atomic mass is 32.1. The van der Waals surface area contributed by atoms with Gasteiger partial charge in [0.1, 0.15) is 0 Å².